The summed E-state index contributed by atoms with van der Waals surface area (Å²) in [6, 6.07) is 5.37. The maximum Gasteiger partial charge on any atom is 0.310 e. The summed E-state index contributed by atoms with van der Waals surface area (Å²) in [6.45, 7) is 9.68. The molecule has 20 heavy (non-hydrogen) atoms. The Kier molecular flexibility index (Phi) is 5.62. The summed E-state index contributed by atoms with van der Waals surface area (Å²) in [4.78, 5) is 11.6. The van der Waals surface area contributed by atoms with Crippen molar-refractivity contribution in [1.82, 2.24) is 0 Å². The summed E-state index contributed by atoms with van der Waals surface area (Å²) in [5, 5.41) is 0. The fourth-order valence-corrected chi connectivity index (χ4v) is 1.60. The number of hydrogen-bond donors (Lipinski definition) is 0. The first-order chi connectivity index (χ1) is 9.41. The van der Waals surface area contributed by atoms with Gasteiger partial charge in [-0.3, -0.25) is 4.79 Å². The molecule has 4 nitrogen and oxygen atoms in total. The highest BCUT2D eigenvalue weighted by Gasteiger charge is 2.19. The molecular formula is C16H22O4. The summed E-state index contributed by atoms with van der Waals surface area (Å²) in [5.41, 5.74) is 0.231. The molecule has 1 aromatic carbocycles. The number of esters is 1. The van der Waals surface area contributed by atoms with E-state index in [2.05, 4.69) is 6.58 Å². The van der Waals surface area contributed by atoms with Crippen LogP contribution in [-0.2, 0) is 16.0 Å². The largest absolute Gasteiger partial charge is 0.497 e. The molecule has 4 heteroatoms. The van der Waals surface area contributed by atoms with Crippen LogP contribution in [-0.4, -0.2) is 25.3 Å². The molecule has 0 atom stereocenters. The topological polar surface area (TPSA) is 44.8 Å². The second-order valence-corrected chi connectivity index (χ2v) is 4.87. The Hall–Kier alpha value is -1.97. The van der Waals surface area contributed by atoms with Gasteiger partial charge in [0.1, 0.15) is 17.1 Å². The molecule has 0 fully saturated rings. The molecule has 0 aliphatic rings. The van der Waals surface area contributed by atoms with E-state index in [4.69, 9.17) is 14.2 Å². The maximum absolute atomic E-state index is 11.6. The van der Waals surface area contributed by atoms with E-state index in [1.165, 1.54) is 0 Å². The first kappa shape index (κ1) is 16.1. The van der Waals surface area contributed by atoms with Crippen LogP contribution in [0.25, 0.3) is 0 Å². The molecular weight excluding hydrogens is 256 g/mol. The molecule has 110 valence electrons. The Bertz CT molecular complexity index is 477. The molecule has 0 saturated heterocycles. The summed E-state index contributed by atoms with van der Waals surface area (Å²) in [7, 11) is 1.59. The minimum absolute atomic E-state index is 0.167. The van der Waals surface area contributed by atoms with Gasteiger partial charge in [-0.1, -0.05) is 12.6 Å². The monoisotopic (exact) mass is 278 g/mol. The summed E-state index contributed by atoms with van der Waals surface area (Å²) in [6.07, 6.45) is 1.88. The third-order valence-corrected chi connectivity index (χ3v) is 2.78. The van der Waals surface area contributed by atoms with Crippen LogP contribution in [0.15, 0.2) is 30.9 Å². The van der Waals surface area contributed by atoms with Crippen molar-refractivity contribution in [3.63, 3.8) is 0 Å². The average molecular weight is 278 g/mol. The van der Waals surface area contributed by atoms with Crippen molar-refractivity contribution in [3.8, 4) is 11.5 Å². The lowest BCUT2D eigenvalue weighted by atomic mass is 10.1. The van der Waals surface area contributed by atoms with E-state index in [1.807, 2.05) is 19.9 Å². The third kappa shape index (κ3) is 4.61. The zero-order valence-electron chi connectivity index (χ0n) is 12.6. The van der Waals surface area contributed by atoms with Gasteiger partial charge in [0.05, 0.1) is 20.1 Å². The van der Waals surface area contributed by atoms with Gasteiger partial charge < -0.3 is 14.2 Å². The van der Waals surface area contributed by atoms with Gasteiger partial charge in [0.2, 0.25) is 0 Å². The minimum Gasteiger partial charge on any atom is -0.497 e. The summed E-state index contributed by atoms with van der Waals surface area (Å²) in [5.74, 6) is 0.994. The second kappa shape index (κ2) is 6.98. The number of carbonyl (C=O) groups is 1. The van der Waals surface area contributed by atoms with Crippen molar-refractivity contribution in [2.75, 3.05) is 13.7 Å². The number of carbonyl (C=O) groups excluding carboxylic acids is 1. The van der Waals surface area contributed by atoms with E-state index in [1.54, 1.807) is 32.2 Å². The van der Waals surface area contributed by atoms with Crippen molar-refractivity contribution in [2.24, 2.45) is 0 Å². The summed E-state index contributed by atoms with van der Waals surface area (Å²) < 4.78 is 16.1. The molecule has 0 heterocycles. The van der Waals surface area contributed by atoms with Crippen LogP contribution >= 0.6 is 0 Å². The van der Waals surface area contributed by atoms with Gasteiger partial charge in [-0.15, -0.1) is 0 Å². The zero-order chi connectivity index (χ0) is 15.2. The lowest BCUT2D eigenvalue weighted by Crippen LogP contribution is -2.25. The highest BCUT2D eigenvalue weighted by Crippen LogP contribution is 2.29. The van der Waals surface area contributed by atoms with Crippen molar-refractivity contribution in [1.29, 1.82) is 0 Å². The van der Waals surface area contributed by atoms with E-state index in [0.29, 0.717) is 18.1 Å². The maximum atomic E-state index is 11.6. The average Bonchev–Trinajstić information content (AvgIpc) is 2.40. The highest BCUT2D eigenvalue weighted by atomic mass is 16.5. The summed E-state index contributed by atoms with van der Waals surface area (Å²) >= 11 is 0. The predicted octanol–water partition coefficient (Wildman–Crippen LogP) is 3.14. The predicted molar refractivity (Wildman–Crippen MR) is 78.2 cm³/mol. The van der Waals surface area contributed by atoms with Crippen molar-refractivity contribution < 1.29 is 19.0 Å². The van der Waals surface area contributed by atoms with Crippen molar-refractivity contribution in [3.05, 3.63) is 36.4 Å². The Labute approximate surface area is 120 Å². The smallest absolute Gasteiger partial charge is 0.310 e. The second-order valence-electron chi connectivity index (χ2n) is 4.87. The zero-order valence-corrected chi connectivity index (χ0v) is 12.6. The Morgan fingerprint density at radius 3 is 2.65 bits per heavy atom. The van der Waals surface area contributed by atoms with Crippen LogP contribution in [0.2, 0.25) is 0 Å². The lowest BCUT2D eigenvalue weighted by molar-refractivity contribution is -0.142. The SMILES string of the molecule is C=CC(C)(C)Oc1cc(OC)ccc1CC(=O)OCC. The van der Waals surface area contributed by atoms with Crippen molar-refractivity contribution in [2.45, 2.75) is 32.8 Å². The number of rotatable bonds is 7. The van der Waals surface area contributed by atoms with Gasteiger partial charge in [0, 0.05) is 11.6 Å². The minimum atomic E-state index is -0.532. The molecule has 0 aliphatic carbocycles. The standard InChI is InChI=1S/C16H22O4/c1-6-16(3,4)20-14-11-13(18-5)9-8-12(14)10-15(17)19-7-2/h6,8-9,11H,1,7,10H2,2-5H3. The molecule has 0 aromatic heterocycles. The third-order valence-electron chi connectivity index (χ3n) is 2.78. The first-order valence-corrected chi connectivity index (χ1v) is 6.57. The van der Waals surface area contributed by atoms with Crippen LogP contribution in [0.4, 0.5) is 0 Å². The number of hydrogen-bond acceptors (Lipinski definition) is 4. The van der Waals surface area contributed by atoms with Gasteiger partial charge in [-0.25, -0.2) is 0 Å². The molecule has 1 aromatic rings. The van der Waals surface area contributed by atoms with Crippen LogP contribution < -0.4 is 9.47 Å². The number of benzene rings is 1. The number of ether oxygens (including phenoxy) is 3. The van der Waals surface area contributed by atoms with E-state index in [-0.39, 0.29) is 12.4 Å². The van der Waals surface area contributed by atoms with Crippen LogP contribution in [0.5, 0.6) is 11.5 Å². The van der Waals surface area contributed by atoms with Gasteiger partial charge in [-0.2, -0.15) is 0 Å². The van der Waals surface area contributed by atoms with Crippen LogP contribution in [0, 0.1) is 0 Å². The lowest BCUT2D eigenvalue weighted by Gasteiger charge is -2.24. The van der Waals surface area contributed by atoms with Crippen molar-refractivity contribution >= 4 is 5.97 Å². The molecule has 0 aliphatic heterocycles. The Balaban J connectivity index is 3.03. The molecule has 0 amide bonds. The fraction of sp³-hybridized carbons (Fsp3) is 0.438. The number of methoxy groups -OCH3 is 1. The van der Waals surface area contributed by atoms with E-state index in [9.17, 15) is 4.79 Å². The van der Waals surface area contributed by atoms with Crippen LogP contribution in [0.3, 0.4) is 0 Å². The van der Waals surface area contributed by atoms with E-state index in [0.717, 1.165) is 5.56 Å². The van der Waals surface area contributed by atoms with Gasteiger partial charge in [-0.05, 0) is 32.9 Å². The molecule has 0 radical (unpaired) electrons. The molecule has 0 spiro atoms. The Morgan fingerprint density at radius 1 is 1.40 bits per heavy atom. The molecule has 1 rings (SSSR count). The fourth-order valence-electron chi connectivity index (χ4n) is 1.60. The molecule has 0 saturated carbocycles. The van der Waals surface area contributed by atoms with Gasteiger partial charge >= 0.3 is 5.97 Å². The van der Waals surface area contributed by atoms with Gasteiger partial charge in [0.25, 0.3) is 0 Å². The van der Waals surface area contributed by atoms with E-state index >= 15 is 0 Å². The van der Waals surface area contributed by atoms with Gasteiger partial charge in [0.15, 0.2) is 0 Å². The Morgan fingerprint density at radius 2 is 2.10 bits per heavy atom. The normalized spacial score (nSPS) is 10.8. The van der Waals surface area contributed by atoms with Crippen LogP contribution in [0.1, 0.15) is 26.3 Å². The quantitative estimate of drug-likeness (QED) is 0.568. The molecule has 0 N–H and O–H groups in total. The highest BCUT2D eigenvalue weighted by molar-refractivity contribution is 5.73. The van der Waals surface area contributed by atoms with E-state index < -0.39 is 5.60 Å². The first-order valence-electron chi connectivity index (χ1n) is 6.57. The molecule has 0 unspecified atom stereocenters. The molecule has 0 bridgehead atoms.